The molecule has 17 heavy (non-hydrogen) atoms. The van der Waals surface area contributed by atoms with Crippen LogP contribution in [-0.2, 0) is 13.5 Å². The van der Waals surface area contributed by atoms with Crippen LogP contribution < -0.4 is 5.73 Å². The molecule has 3 heteroatoms. The third kappa shape index (κ3) is 2.94. The Bertz CT molecular complexity index is 488. The molecule has 1 aromatic carbocycles. The van der Waals surface area contributed by atoms with Crippen molar-refractivity contribution in [1.29, 1.82) is 0 Å². The van der Waals surface area contributed by atoms with Crippen molar-refractivity contribution in [3.8, 4) is 0 Å². The fourth-order valence-electron chi connectivity index (χ4n) is 2.09. The summed E-state index contributed by atoms with van der Waals surface area (Å²) in [5.41, 5.74) is 9.56. The molecule has 2 N–H and O–H groups in total. The van der Waals surface area contributed by atoms with Gasteiger partial charge in [-0.2, -0.15) is 5.10 Å². The van der Waals surface area contributed by atoms with Gasteiger partial charge in [-0.15, -0.1) is 0 Å². The Kier molecular flexibility index (Phi) is 3.59. The molecule has 0 radical (unpaired) electrons. The fourth-order valence-corrected chi connectivity index (χ4v) is 2.09. The minimum absolute atomic E-state index is 0.352. The van der Waals surface area contributed by atoms with Crippen LogP contribution in [0.1, 0.15) is 22.7 Å². The van der Waals surface area contributed by atoms with Gasteiger partial charge in [-0.05, 0) is 31.5 Å². The molecule has 90 valence electrons. The summed E-state index contributed by atoms with van der Waals surface area (Å²) in [6.45, 7) is 2.76. The summed E-state index contributed by atoms with van der Waals surface area (Å²) in [6.07, 6.45) is 2.87. The predicted octanol–water partition coefficient (Wildman–Crippen LogP) is 2.01. The van der Waals surface area contributed by atoms with E-state index in [4.69, 9.17) is 5.73 Å². The van der Waals surface area contributed by atoms with Crippen molar-refractivity contribution in [2.45, 2.75) is 19.3 Å². The van der Waals surface area contributed by atoms with Crippen molar-refractivity contribution in [1.82, 2.24) is 9.78 Å². The first kappa shape index (κ1) is 11.9. The van der Waals surface area contributed by atoms with Gasteiger partial charge in [-0.1, -0.05) is 29.8 Å². The van der Waals surface area contributed by atoms with Gasteiger partial charge in [0.15, 0.2) is 0 Å². The number of aryl methyl sites for hydroxylation is 2. The van der Waals surface area contributed by atoms with E-state index >= 15 is 0 Å². The summed E-state index contributed by atoms with van der Waals surface area (Å²) >= 11 is 0. The first-order valence-electron chi connectivity index (χ1n) is 5.94. The molecule has 0 aliphatic heterocycles. The SMILES string of the molecule is Cc1cccc(C(CN)Cc2ccn(C)n2)c1. The molecule has 1 aromatic heterocycles. The molecule has 1 heterocycles. The predicted molar refractivity (Wildman–Crippen MR) is 69.9 cm³/mol. The molecule has 0 aliphatic carbocycles. The van der Waals surface area contributed by atoms with Crippen LogP contribution in [0, 0.1) is 6.92 Å². The number of hydrogen-bond acceptors (Lipinski definition) is 2. The van der Waals surface area contributed by atoms with Gasteiger partial charge in [0.1, 0.15) is 0 Å². The van der Waals surface area contributed by atoms with E-state index in [2.05, 4.69) is 42.4 Å². The van der Waals surface area contributed by atoms with Crippen molar-refractivity contribution in [3.63, 3.8) is 0 Å². The maximum absolute atomic E-state index is 5.87. The number of nitrogens with zero attached hydrogens (tertiary/aromatic N) is 2. The molecule has 1 atom stereocenters. The maximum atomic E-state index is 5.87. The quantitative estimate of drug-likeness (QED) is 0.871. The normalized spacial score (nSPS) is 12.6. The highest BCUT2D eigenvalue weighted by molar-refractivity contribution is 5.27. The van der Waals surface area contributed by atoms with Crippen molar-refractivity contribution >= 4 is 0 Å². The first-order chi connectivity index (χ1) is 8.19. The summed E-state index contributed by atoms with van der Waals surface area (Å²) in [5.74, 6) is 0.352. The maximum Gasteiger partial charge on any atom is 0.0631 e. The minimum atomic E-state index is 0.352. The van der Waals surface area contributed by atoms with E-state index in [1.807, 2.05) is 17.9 Å². The molecule has 0 fully saturated rings. The highest BCUT2D eigenvalue weighted by atomic mass is 15.2. The van der Waals surface area contributed by atoms with Gasteiger partial charge >= 0.3 is 0 Å². The third-order valence-corrected chi connectivity index (χ3v) is 3.02. The fraction of sp³-hybridized carbons (Fsp3) is 0.357. The molecule has 0 bridgehead atoms. The Hall–Kier alpha value is -1.61. The van der Waals surface area contributed by atoms with Gasteiger partial charge in [-0.25, -0.2) is 0 Å². The minimum Gasteiger partial charge on any atom is -0.330 e. The van der Waals surface area contributed by atoms with Crippen LogP contribution in [0.25, 0.3) is 0 Å². The molecule has 1 unspecified atom stereocenters. The average molecular weight is 229 g/mol. The number of aromatic nitrogens is 2. The van der Waals surface area contributed by atoms with E-state index in [9.17, 15) is 0 Å². The molecule has 0 saturated carbocycles. The summed E-state index contributed by atoms with van der Waals surface area (Å²) in [6, 6.07) is 10.6. The molecule has 2 rings (SSSR count). The first-order valence-corrected chi connectivity index (χ1v) is 5.94. The zero-order valence-corrected chi connectivity index (χ0v) is 10.4. The largest absolute Gasteiger partial charge is 0.330 e. The van der Waals surface area contributed by atoms with Gasteiger partial charge in [0.2, 0.25) is 0 Å². The third-order valence-electron chi connectivity index (χ3n) is 3.02. The zero-order valence-electron chi connectivity index (χ0n) is 10.4. The van der Waals surface area contributed by atoms with E-state index in [1.54, 1.807) is 0 Å². The average Bonchev–Trinajstić information content (AvgIpc) is 2.72. The summed E-state index contributed by atoms with van der Waals surface area (Å²) in [4.78, 5) is 0. The van der Waals surface area contributed by atoms with E-state index in [0.29, 0.717) is 12.5 Å². The summed E-state index contributed by atoms with van der Waals surface area (Å²) in [5, 5.41) is 4.41. The lowest BCUT2D eigenvalue weighted by molar-refractivity contribution is 0.659. The van der Waals surface area contributed by atoms with Crippen LogP contribution in [0.15, 0.2) is 36.5 Å². The molecular weight excluding hydrogens is 210 g/mol. The van der Waals surface area contributed by atoms with E-state index < -0.39 is 0 Å². The number of rotatable bonds is 4. The van der Waals surface area contributed by atoms with Gasteiger partial charge < -0.3 is 5.73 Å². The molecule has 2 aromatic rings. The Morgan fingerprint density at radius 2 is 2.18 bits per heavy atom. The monoisotopic (exact) mass is 229 g/mol. The highest BCUT2D eigenvalue weighted by Gasteiger charge is 2.12. The Morgan fingerprint density at radius 1 is 1.35 bits per heavy atom. The number of nitrogens with two attached hydrogens (primary N) is 1. The van der Waals surface area contributed by atoms with Crippen LogP contribution >= 0.6 is 0 Å². The van der Waals surface area contributed by atoms with Crippen molar-refractivity contribution in [2.24, 2.45) is 12.8 Å². The molecule has 0 amide bonds. The second-order valence-corrected chi connectivity index (χ2v) is 4.53. The van der Waals surface area contributed by atoms with Crippen LogP contribution in [0.5, 0.6) is 0 Å². The van der Waals surface area contributed by atoms with E-state index in [1.165, 1.54) is 11.1 Å². The van der Waals surface area contributed by atoms with Crippen molar-refractivity contribution in [2.75, 3.05) is 6.54 Å². The second-order valence-electron chi connectivity index (χ2n) is 4.53. The lowest BCUT2D eigenvalue weighted by Crippen LogP contribution is -2.15. The lowest BCUT2D eigenvalue weighted by Gasteiger charge is -2.14. The molecule has 0 spiro atoms. The van der Waals surface area contributed by atoms with Crippen LogP contribution in [0.4, 0.5) is 0 Å². The number of hydrogen-bond donors (Lipinski definition) is 1. The Labute approximate surface area is 102 Å². The molecular formula is C14H19N3. The highest BCUT2D eigenvalue weighted by Crippen LogP contribution is 2.20. The number of benzene rings is 1. The standard InChI is InChI=1S/C14H19N3/c1-11-4-3-5-12(8-11)13(10-15)9-14-6-7-17(2)16-14/h3-8,13H,9-10,15H2,1-2H3. The lowest BCUT2D eigenvalue weighted by atomic mass is 9.93. The Morgan fingerprint density at radius 3 is 2.76 bits per heavy atom. The van der Waals surface area contributed by atoms with Gasteiger partial charge in [0.05, 0.1) is 5.69 Å². The van der Waals surface area contributed by atoms with Crippen LogP contribution in [-0.4, -0.2) is 16.3 Å². The topological polar surface area (TPSA) is 43.8 Å². The van der Waals surface area contributed by atoms with Gasteiger partial charge in [0.25, 0.3) is 0 Å². The van der Waals surface area contributed by atoms with Crippen LogP contribution in [0.2, 0.25) is 0 Å². The second kappa shape index (κ2) is 5.15. The summed E-state index contributed by atoms with van der Waals surface area (Å²) < 4.78 is 1.83. The Balaban J connectivity index is 2.16. The van der Waals surface area contributed by atoms with Gasteiger partial charge in [0, 0.05) is 19.2 Å². The van der Waals surface area contributed by atoms with Crippen LogP contribution in [0.3, 0.4) is 0 Å². The van der Waals surface area contributed by atoms with Crippen molar-refractivity contribution in [3.05, 3.63) is 53.3 Å². The molecule has 0 saturated heterocycles. The molecule has 0 aliphatic rings. The van der Waals surface area contributed by atoms with E-state index in [-0.39, 0.29) is 0 Å². The smallest absolute Gasteiger partial charge is 0.0631 e. The summed E-state index contributed by atoms with van der Waals surface area (Å²) in [7, 11) is 1.94. The van der Waals surface area contributed by atoms with Gasteiger partial charge in [-0.3, -0.25) is 4.68 Å². The zero-order chi connectivity index (χ0) is 12.3. The van der Waals surface area contributed by atoms with Crippen molar-refractivity contribution < 1.29 is 0 Å². The van der Waals surface area contributed by atoms with E-state index in [0.717, 1.165) is 12.1 Å². The molecule has 3 nitrogen and oxygen atoms in total.